The molecule has 0 fully saturated rings. The molecule has 0 bridgehead atoms. The molecule has 0 aromatic heterocycles. The Bertz CT molecular complexity index is 481. The Morgan fingerprint density at radius 2 is 2.00 bits per heavy atom. The van der Waals surface area contributed by atoms with Crippen molar-refractivity contribution in [3.05, 3.63) is 35.4 Å². The van der Waals surface area contributed by atoms with Gasteiger partial charge in [0.15, 0.2) is 17.4 Å². The van der Waals surface area contributed by atoms with Crippen LogP contribution in [-0.4, -0.2) is 17.0 Å². The molecule has 1 unspecified atom stereocenters. The number of isothiocyanates is 1. The zero-order valence-electron chi connectivity index (χ0n) is 9.41. The van der Waals surface area contributed by atoms with Crippen molar-refractivity contribution in [1.29, 1.82) is 0 Å². The number of hydrogen-bond donors (Lipinski definition) is 0. The maximum absolute atomic E-state index is 13.0. The third kappa shape index (κ3) is 3.25. The summed E-state index contributed by atoms with van der Waals surface area (Å²) in [5.41, 5.74) is 0.0802. The molecule has 0 aliphatic carbocycles. The van der Waals surface area contributed by atoms with Gasteiger partial charge in [0.05, 0.1) is 5.16 Å². The zero-order chi connectivity index (χ0) is 13.0. The number of hydrogen-bond acceptors (Lipinski definition) is 3. The van der Waals surface area contributed by atoms with Crippen molar-refractivity contribution < 1.29 is 13.6 Å². The fourth-order valence-corrected chi connectivity index (χ4v) is 1.50. The summed E-state index contributed by atoms with van der Waals surface area (Å²) in [7, 11) is 0. The number of benzene rings is 1. The maximum Gasteiger partial charge on any atom is 0.188 e. The van der Waals surface area contributed by atoms with Gasteiger partial charge in [0.25, 0.3) is 0 Å². The standard InChI is InChI=1S/C12H11F2NOS/c1-7(2)11(15-6-17)12(16)8-3-4-9(13)10(14)5-8/h3-5,7,11H,1-2H3. The number of aliphatic imine (C=N–C) groups is 1. The van der Waals surface area contributed by atoms with E-state index in [1.807, 2.05) is 0 Å². The minimum atomic E-state index is -1.05. The summed E-state index contributed by atoms with van der Waals surface area (Å²) < 4.78 is 25.7. The van der Waals surface area contributed by atoms with Crippen LogP contribution >= 0.6 is 12.2 Å². The van der Waals surface area contributed by atoms with E-state index in [1.165, 1.54) is 6.07 Å². The molecule has 1 aromatic rings. The molecule has 2 nitrogen and oxygen atoms in total. The first-order chi connectivity index (χ1) is 7.97. The van der Waals surface area contributed by atoms with Crippen LogP contribution in [-0.2, 0) is 0 Å². The second kappa shape index (κ2) is 5.75. The highest BCUT2D eigenvalue weighted by Gasteiger charge is 2.23. The molecule has 0 spiro atoms. The summed E-state index contributed by atoms with van der Waals surface area (Å²) in [6, 6.07) is 2.31. The monoisotopic (exact) mass is 255 g/mol. The maximum atomic E-state index is 13.0. The Morgan fingerprint density at radius 1 is 1.35 bits per heavy atom. The van der Waals surface area contributed by atoms with Gasteiger partial charge in [-0.15, -0.1) is 0 Å². The quantitative estimate of drug-likeness (QED) is 0.469. The number of rotatable bonds is 4. The predicted molar refractivity (Wildman–Crippen MR) is 64.3 cm³/mol. The number of carbonyl (C=O) groups is 1. The van der Waals surface area contributed by atoms with E-state index in [1.54, 1.807) is 13.8 Å². The molecule has 0 N–H and O–H groups in total. The van der Waals surface area contributed by atoms with Gasteiger partial charge in [-0.25, -0.2) is 13.8 Å². The van der Waals surface area contributed by atoms with Crippen molar-refractivity contribution in [2.75, 3.05) is 0 Å². The molecule has 5 heteroatoms. The number of halogens is 2. The van der Waals surface area contributed by atoms with Crippen LogP contribution in [0.25, 0.3) is 0 Å². The second-order valence-electron chi connectivity index (χ2n) is 3.90. The van der Waals surface area contributed by atoms with Gasteiger partial charge in [0.1, 0.15) is 6.04 Å². The fourth-order valence-electron chi connectivity index (χ4n) is 1.39. The van der Waals surface area contributed by atoms with Gasteiger partial charge in [-0.3, -0.25) is 4.79 Å². The van der Waals surface area contributed by atoms with Crippen LogP contribution in [0.15, 0.2) is 23.2 Å². The normalized spacial score (nSPS) is 12.1. The summed E-state index contributed by atoms with van der Waals surface area (Å²) in [4.78, 5) is 15.7. The van der Waals surface area contributed by atoms with Crippen molar-refractivity contribution in [2.45, 2.75) is 19.9 Å². The lowest BCUT2D eigenvalue weighted by atomic mass is 9.95. The Balaban J connectivity index is 3.09. The molecule has 17 heavy (non-hydrogen) atoms. The highest BCUT2D eigenvalue weighted by Crippen LogP contribution is 2.16. The lowest BCUT2D eigenvalue weighted by Gasteiger charge is -2.13. The van der Waals surface area contributed by atoms with E-state index in [0.29, 0.717) is 0 Å². The van der Waals surface area contributed by atoms with E-state index in [-0.39, 0.29) is 11.5 Å². The van der Waals surface area contributed by atoms with E-state index in [9.17, 15) is 13.6 Å². The first-order valence-corrected chi connectivity index (χ1v) is 5.44. The SMILES string of the molecule is CC(C)C(N=C=S)C(=O)c1ccc(F)c(F)c1. The molecule has 1 atom stereocenters. The topological polar surface area (TPSA) is 29.4 Å². The second-order valence-corrected chi connectivity index (χ2v) is 4.08. The summed E-state index contributed by atoms with van der Waals surface area (Å²) in [5.74, 6) is -2.52. The lowest BCUT2D eigenvalue weighted by Crippen LogP contribution is -2.24. The first-order valence-electron chi connectivity index (χ1n) is 5.03. The Kier molecular flexibility index (Phi) is 4.61. The lowest BCUT2D eigenvalue weighted by molar-refractivity contribution is 0.0942. The van der Waals surface area contributed by atoms with Crippen molar-refractivity contribution in [3.63, 3.8) is 0 Å². The van der Waals surface area contributed by atoms with Crippen molar-refractivity contribution in [1.82, 2.24) is 0 Å². The van der Waals surface area contributed by atoms with Crippen LogP contribution in [0.3, 0.4) is 0 Å². The predicted octanol–water partition coefficient (Wildman–Crippen LogP) is 3.27. The summed E-state index contributed by atoms with van der Waals surface area (Å²) in [6.45, 7) is 3.58. The number of carbonyl (C=O) groups excluding carboxylic acids is 1. The average molecular weight is 255 g/mol. The number of Topliss-reactive ketones (excluding diaryl/α,β-unsaturated/α-hetero) is 1. The number of ketones is 1. The minimum absolute atomic E-state index is 0.0802. The van der Waals surface area contributed by atoms with Crippen LogP contribution < -0.4 is 0 Å². The average Bonchev–Trinajstić information content (AvgIpc) is 2.28. The van der Waals surface area contributed by atoms with Crippen LogP contribution in [0.1, 0.15) is 24.2 Å². The van der Waals surface area contributed by atoms with Gasteiger partial charge in [0.2, 0.25) is 0 Å². The smallest absolute Gasteiger partial charge is 0.188 e. The molecule has 0 amide bonds. The zero-order valence-corrected chi connectivity index (χ0v) is 10.2. The molecule has 90 valence electrons. The molecule has 0 heterocycles. The van der Waals surface area contributed by atoms with E-state index in [0.717, 1.165) is 12.1 Å². The minimum Gasteiger partial charge on any atom is -0.292 e. The third-order valence-corrected chi connectivity index (χ3v) is 2.40. The highest BCUT2D eigenvalue weighted by atomic mass is 32.1. The van der Waals surface area contributed by atoms with Crippen molar-refractivity contribution in [2.24, 2.45) is 10.9 Å². The van der Waals surface area contributed by atoms with Crippen LogP contribution in [0.2, 0.25) is 0 Å². The highest BCUT2D eigenvalue weighted by molar-refractivity contribution is 7.78. The summed E-state index contributed by atoms with van der Waals surface area (Å²) in [5, 5.41) is 2.15. The third-order valence-electron chi connectivity index (χ3n) is 2.30. The van der Waals surface area contributed by atoms with E-state index >= 15 is 0 Å². The fraction of sp³-hybridized carbons (Fsp3) is 0.333. The molecule has 0 saturated carbocycles. The molecule has 0 aliphatic heterocycles. The number of nitrogens with zero attached hydrogens (tertiary/aromatic N) is 1. The van der Waals surface area contributed by atoms with Crippen LogP contribution in [0, 0.1) is 17.6 Å². The summed E-state index contributed by atoms with van der Waals surface area (Å²) >= 11 is 4.46. The molecule has 1 aromatic carbocycles. The van der Waals surface area contributed by atoms with Gasteiger partial charge in [-0.1, -0.05) is 13.8 Å². The van der Waals surface area contributed by atoms with Gasteiger partial charge in [-0.2, -0.15) is 0 Å². The molecule has 0 saturated heterocycles. The van der Waals surface area contributed by atoms with Gasteiger partial charge in [-0.05, 0) is 36.3 Å². The number of thiocarbonyl (C=S) groups is 1. The van der Waals surface area contributed by atoms with E-state index < -0.39 is 23.5 Å². The van der Waals surface area contributed by atoms with E-state index in [2.05, 4.69) is 22.4 Å². The van der Waals surface area contributed by atoms with Gasteiger partial charge >= 0.3 is 0 Å². The molecule has 0 radical (unpaired) electrons. The van der Waals surface area contributed by atoms with Crippen molar-refractivity contribution in [3.8, 4) is 0 Å². The first kappa shape index (κ1) is 13.6. The largest absolute Gasteiger partial charge is 0.292 e. The molecular weight excluding hydrogens is 244 g/mol. The Hall–Kier alpha value is -1.45. The van der Waals surface area contributed by atoms with Gasteiger partial charge < -0.3 is 0 Å². The van der Waals surface area contributed by atoms with Crippen molar-refractivity contribution >= 4 is 23.2 Å². The molecular formula is C12H11F2NOS. The molecule has 0 aliphatic rings. The van der Waals surface area contributed by atoms with Crippen LogP contribution in [0.4, 0.5) is 8.78 Å². The van der Waals surface area contributed by atoms with Crippen LogP contribution in [0.5, 0.6) is 0 Å². The Morgan fingerprint density at radius 3 is 2.47 bits per heavy atom. The summed E-state index contributed by atoms with van der Waals surface area (Å²) in [6.07, 6.45) is 0. The molecule has 1 rings (SSSR count). The Labute approximate surface area is 103 Å². The van der Waals surface area contributed by atoms with E-state index in [4.69, 9.17) is 0 Å². The van der Waals surface area contributed by atoms with Gasteiger partial charge in [0, 0.05) is 5.56 Å².